The molecule has 0 bridgehead atoms. The van der Waals surface area contributed by atoms with E-state index >= 15 is 0 Å². The molecular weight excluding hydrogens is 416 g/mol. The minimum absolute atomic E-state index is 0.0551. The Morgan fingerprint density at radius 2 is 1.45 bits per heavy atom. The molecule has 3 N–H and O–H groups in total. The van der Waals surface area contributed by atoms with E-state index in [0.29, 0.717) is 23.4 Å². The number of aromatic carboxylic acids is 1. The second-order valence-electron chi connectivity index (χ2n) is 8.50. The average molecular weight is 453 g/mol. The Morgan fingerprint density at radius 3 is 2.12 bits per heavy atom. The van der Waals surface area contributed by atoms with E-state index in [1.54, 1.807) is 37.3 Å². The van der Waals surface area contributed by atoms with Crippen LogP contribution >= 0.6 is 0 Å². The van der Waals surface area contributed by atoms with Gasteiger partial charge < -0.3 is 15.7 Å². The van der Waals surface area contributed by atoms with Gasteiger partial charge in [0.05, 0.1) is 5.56 Å². The summed E-state index contributed by atoms with van der Waals surface area (Å²) < 4.78 is 0. The summed E-state index contributed by atoms with van der Waals surface area (Å²) in [5.74, 6) is -1.47. The van der Waals surface area contributed by atoms with E-state index < -0.39 is 5.97 Å². The first-order chi connectivity index (χ1) is 15.9. The molecule has 6 nitrogen and oxygen atoms in total. The van der Waals surface area contributed by atoms with Crippen LogP contribution in [0.25, 0.3) is 0 Å². The maximum Gasteiger partial charge on any atom is 0.335 e. The normalized spacial score (nSPS) is 10.6. The van der Waals surface area contributed by atoms with Gasteiger partial charge in [0.25, 0.3) is 5.91 Å². The molecule has 0 heterocycles. The van der Waals surface area contributed by atoms with E-state index in [1.807, 2.05) is 0 Å². The van der Waals surface area contributed by atoms with Gasteiger partial charge in [0.1, 0.15) is 0 Å². The first-order valence-corrected chi connectivity index (χ1v) is 12.0. The van der Waals surface area contributed by atoms with Crippen LogP contribution < -0.4 is 10.6 Å². The second kappa shape index (κ2) is 14.1. The SMILES string of the molecule is CCCCCCCCCCCC(=O)Nc1cccc(C(=O)Nc2cc(C(=O)O)ccc2C)c1. The summed E-state index contributed by atoms with van der Waals surface area (Å²) in [5.41, 5.74) is 2.27. The van der Waals surface area contributed by atoms with Gasteiger partial charge in [-0.1, -0.05) is 70.4 Å². The highest BCUT2D eigenvalue weighted by atomic mass is 16.4. The van der Waals surface area contributed by atoms with Crippen LogP contribution in [-0.2, 0) is 4.79 Å². The van der Waals surface area contributed by atoms with E-state index in [1.165, 1.54) is 50.7 Å². The Morgan fingerprint density at radius 1 is 0.788 bits per heavy atom. The third-order valence-electron chi connectivity index (χ3n) is 5.65. The van der Waals surface area contributed by atoms with Crippen molar-refractivity contribution in [3.63, 3.8) is 0 Å². The number of nitrogens with one attached hydrogen (secondary N) is 2. The number of carbonyl (C=O) groups is 3. The van der Waals surface area contributed by atoms with Crippen molar-refractivity contribution in [2.45, 2.75) is 78.1 Å². The van der Waals surface area contributed by atoms with Crippen molar-refractivity contribution in [2.24, 2.45) is 0 Å². The summed E-state index contributed by atoms with van der Waals surface area (Å²) in [4.78, 5) is 36.1. The van der Waals surface area contributed by atoms with Crippen LogP contribution in [-0.4, -0.2) is 22.9 Å². The molecule has 178 valence electrons. The summed E-state index contributed by atoms with van der Waals surface area (Å²) in [6.45, 7) is 4.02. The van der Waals surface area contributed by atoms with Gasteiger partial charge in [-0.15, -0.1) is 0 Å². The molecule has 0 spiro atoms. The summed E-state index contributed by atoms with van der Waals surface area (Å²) >= 11 is 0. The molecule has 0 saturated carbocycles. The van der Waals surface area contributed by atoms with Crippen molar-refractivity contribution in [3.05, 3.63) is 59.2 Å². The van der Waals surface area contributed by atoms with E-state index in [0.717, 1.165) is 24.8 Å². The van der Waals surface area contributed by atoms with E-state index in [2.05, 4.69) is 17.6 Å². The molecule has 2 aromatic rings. The molecule has 0 radical (unpaired) electrons. The molecule has 0 atom stereocenters. The number of aryl methyl sites for hydroxylation is 1. The summed E-state index contributed by atoms with van der Waals surface area (Å²) in [7, 11) is 0. The molecule has 0 aromatic heterocycles. The zero-order chi connectivity index (χ0) is 24.1. The van der Waals surface area contributed by atoms with Crippen LogP contribution in [0, 0.1) is 6.92 Å². The minimum Gasteiger partial charge on any atom is -0.478 e. The fraction of sp³-hybridized carbons (Fsp3) is 0.444. The Hall–Kier alpha value is -3.15. The van der Waals surface area contributed by atoms with Crippen molar-refractivity contribution in [3.8, 4) is 0 Å². The molecule has 6 heteroatoms. The Balaban J connectivity index is 1.79. The monoisotopic (exact) mass is 452 g/mol. The Kier molecular flexibility index (Phi) is 11.1. The van der Waals surface area contributed by atoms with Crippen LogP contribution in [0.15, 0.2) is 42.5 Å². The summed E-state index contributed by atoms with van der Waals surface area (Å²) in [6.07, 6.45) is 11.3. The standard InChI is InChI=1S/C27H36N2O4/c1-3-4-5-6-7-8-9-10-11-15-25(30)28-23-14-12-13-21(18-23)26(31)29-24-19-22(27(32)33)17-16-20(24)2/h12-14,16-19H,3-11,15H2,1-2H3,(H,28,30)(H,29,31)(H,32,33). The van der Waals surface area contributed by atoms with Crippen molar-refractivity contribution >= 4 is 29.2 Å². The zero-order valence-electron chi connectivity index (χ0n) is 19.8. The predicted molar refractivity (Wildman–Crippen MR) is 133 cm³/mol. The van der Waals surface area contributed by atoms with Crippen LogP contribution in [0.4, 0.5) is 11.4 Å². The minimum atomic E-state index is -1.05. The average Bonchev–Trinajstić information content (AvgIpc) is 2.79. The lowest BCUT2D eigenvalue weighted by molar-refractivity contribution is -0.116. The van der Waals surface area contributed by atoms with Crippen LogP contribution in [0.3, 0.4) is 0 Å². The Labute approximate surface area is 196 Å². The predicted octanol–water partition coefficient (Wildman–Crippen LogP) is 6.80. The first kappa shape index (κ1) is 26.1. The maximum atomic E-state index is 12.7. The number of carbonyl (C=O) groups excluding carboxylic acids is 2. The fourth-order valence-electron chi connectivity index (χ4n) is 3.64. The van der Waals surface area contributed by atoms with Gasteiger partial charge in [-0.3, -0.25) is 9.59 Å². The van der Waals surface area contributed by atoms with Gasteiger partial charge in [-0.2, -0.15) is 0 Å². The van der Waals surface area contributed by atoms with Gasteiger partial charge in [0.2, 0.25) is 5.91 Å². The lowest BCUT2D eigenvalue weighted by Crippen LogP contribution is -2.15. The highest BCUT2D eigenvalue weighted by Crippen LogP contribution is 2.19. The first-order valence-electron chi connectivity index (χ1n) is 12.0. The molecule has 33 heavy (non-hydrogen) atoms. The lowest BCUT2D eigenvalue weighted by Gasteiger charge is -2.11. The number of amides is 2. The van der Waals surface area contributed by atoms with Crippen LogP contribution in [0.1, 0.15) is 97.4 Å². The molecule has 0 fully saturated rings. The van der Waals surface area contributed by atoms with Gasteiger partial charge in [0, 0.05) is 23.4 Å². The number of carboxylic acid groups (broad SMARTS) is 1. The molecule has 0 aliphatic heterocycles. The van der Waals surface area contributed by atoms with Gasteiger partial charge in [0.15, 0.2) is 0 Å². The number of hydrogen-bond acceptors (Lipinski definition) is 3. The molecule has 0 aliphatic rings. The third-order valence-corrected chi connectivity index (χ3v) is 5.65. The van der Waals surface area contributed by atoms with Crippen molar-refractivity contribution in [2.75, 3.05) is 10.6 Å². The molecule has 0 saturated heterocycles. The quantitative estimate of drug-likeness (QED) is 0.275. The lowest BCUT2D eigenvalue weighted by atomic mass is 10.1. The molecule has 0 aliphatic carbocycles. The zero-order valence-corrected chi connectivity index (χ0v) is 19.8. The smallest absolute Gasteiger partial charge is 0.335 e. The largest absolute Gasteiger partial charge is 0.478 e. The third kappa shape index (κ3) is 9.48. The number of rotatable bonds is 14. The Bertz CT molecular complexity index is 939. The van der Waals surface area contributed by atoms with Gasteiger partial charge in [-0.25, -0.2) is 4.79 Å². The van der Waals surface area contributed by atoms with E-state index in [4.69, 9.17) is 5.11 Å². The summed E-state index contributed by atoms with van der Waals surface area (Å²) in [6, 6.07) is 11.3. The number of hydrogen-bond donors (Lipinski definition) is 3. The number of unbranched alkanes of at least 4 members (excludes halogenated alkanes) is 8. The summed E-state index contributed by atoms with van der Waals surface area (Å²) in [5, 5.41) is 14.8. The molecule has 2 amide bonds. The second-order valence-corrected chi connectivity index (χ2v) is 8.50. The topological polar surface area (TPSA) is 95.5 Å². The molecule has 2 rings (SSSR count). The molecule has 2 aromatic carbocycles. The van der Waals surface area contributed by atoms with Crippen LogP contribution in [0.5, 0.6) is 0 Å². The van der Waals surface area contributed by atoms with E-state index in [-0.39, 0.29) is 17.4 Å². The maximum absolute atomic E-state index is 12.7. The van der Waals surface area contributed by atoms with Crippen molar-refractivity contribution in [1.82, 2.24) is 0 Å². The number of anilines is 2. The van der Waals surface area contributed by atoms with Crippen molar-refractivity contribution < 1.29 is 19.5 Å². The highest BCUT2D eigenvalue weighted by molar-refractivity contribution is 6.06. The number of benzene rings is 2. The van der Waals surface area contributed by atoms with Gasteiger partial charge >= 0.3 is 5.97 Å². The van der Waals surface area contributed by atoms with Crippen molar-refractivity contribution in [1.29, 1.82) is 0 Å². The number of carboxylic acids is 1. The fourth-order valence-corrected chi connectivity index (χ4v) is 3.64. The van der Waals surface area contributed by atoms with E-state index in [9.17, 15) is 14.4 Å². The van der Waals surface area contributed by atoms with Gasteiger partial charge in [-0.05, 0) is 49.2 Å². The van der Waals surface area contributed by atoms with Crippen LogP contribution in [0.2, 0.25) is 0 Å². The highest BCUT2D eigenvalue weighted by Gasteiger charge is 2.12. The molecule has 0 unspecified atom stereocenters. The molecular formula is C27H36N2O4.